The van der Waals surface area contributed by atoms with E-state index in [1.165, 1.54) is 39.1 Å². The fourth-order valence-electron chi connectivity index (χ4n) is 2.48. The number of nitrogens with zero attached hydrogens (tertiary/aromatic N) is 5. The average molecular weight is 397 g/mol. The number of halogens is 1. The largest absolute Gasteiger partial charge is 0.349 e. The minimum absolute atomic E-state index is 0. The zero-order valence-corrected chi connectivity index (χ0v) is 16.1. The van der Waals surface area contributed by atoms with Gasteiger partial charge in [-0.25, -0.2) is 0 Å². The van der Waals surface area contributed by atoms with Gasteiger partial charge >= 0.3 is 0 Å². The molecule has 0 bridgehead atoms. The molecule has 20 heavy (non-hydrogen) atoms. The van der Waals surface area contributed by atoms with Crippen LogP contribution in [-0.2, 0) is 0 Å². The Morgan fingerprint density at radius 1 is 1.00 bits per heavy atom. The molecule has 1 saturated heterocycles. The van der Waals surface area contributed by atoms with E-state index in [2.05, 4.69) is 31.6 Å². The van der Waals surface area contributed by atoms with Crippen molar-refractivity contribution < 1.29 is 0 Å². The third kappa shape index (κ3) is 7.64. The van der Waals surface area contributed by atoms with E-state index in [1.54, 1.807) is 0 Å². The molecule has 0 amide bonds. The molecule has 0 aromatic heterocycles. The summed E-state index contributed by atoms with van der Waals surface area (Å²) in [5.74, 6) is 1.05. The van der Waals surface area contributed by atoms with Crippen molar-refractivity contribution >= 4 is 29.9 Å². The SMILES string of the molecule is CN1CCCN(CCCN=C(N(C)C)N(C)C)CC1.I. The van der Waals surface area contributed by atoms with Crippen molar-refractivity contribution in [1.29, 1.82) is 0 Å². The molecule has 0 saturated carbocycles. The Morgan fingerprint density at radius 3 is 2.25 bits per heavy atom. The predicted molar refractivity (Wildman–Crippen MR) is 98.3 cm³/mol. The summed E-state index contributed by atoms with van der Waals surface area (Å²) >= 11 is 0. The fraction of sp³-hybridized carbons (Fsp3) is 0.929. The first-order chi connectivity index (χ1) is 9.00. The topological polar surface area (TPSA) is 25.3 Å². The number of rotatable bonds is 4. The Kier molecular flexibility index (Phi) is 10.6. The lowest BCUT2D eigenvalue weighted by molar-refractivity contribution is 0.275. The molecule has 0 aromatic rings. The fourth-order valence-corrected chi connectivity index (χ4v) is 2.48. The summed E-state index contributed by atoms with van der Waals surface area (Å²) < 4.78 is 0. The number of hydrogen-bond donors (Lipinski definition) is 0. The van der Waals surface area contributed by atoms with Crippen LogP contribution >= 0.6 is 24.0 Å². The summed E-state index contributed by atoms with van der Waals surface area (Å²) in [4.78, 5) is 13.8. The van der Waals surface area contributed by atoms with Crippen LogP contribution in [-0.4, -0.2) is 100 Å². The molecule has 1 fully saturated rings. The zero-order valence-electron chi connectivity index (χ0n) is 13.8. The highest BCUT2D eigenvalue weighted by atomic mass is 127. The van der Waals surface area contributed by atoms with E-state index in [4.69, 9.17) is 0 Å². The van der Waals surface area contributed by atoms with Gasteiger partial charge in [0, 0.05) is 47.8 Å². The lowest BCUT2D eigenvalue weighted by Gasteiger charge is -2.23. The maximum Gasteiger partial charge on any atom is 0.195 e. The quantitative estimate of drug-likeness (QED) is 0.307. The van der Waals surface area contributed by atoms with Crippen LogP contribution in [0.25, 0.3) is 0 Å². The molecule has 0 unspecified atom stereocenters. The van der Waals surface area contributed by atoms with Gasteiger partial charge in [-0.05, 0) is 39.5 Å². The average Bonchev–Trinajstić information content (AvgIpc) is 2.53. The van der Waals surface area contributed by atoms with Gasteiger partial charge in [0.25, 0.3) is 0 Å². The summed E-state index contributed by atoms with van der Waals surface area (Å²) in [6.45, 7) is 6.96. The van der Waals surface area contributed by atoms with Crippen LogP contribution in [0.15, 0.2) is 4.99 Å². The molecule has 1 aliphatic heterocycles. The van der Waals surface area contributed by atoms with E-state index >= 15 is 0 Å². The Bertz CT molecular complexity index is 271. The molecule has 0 aromatic carbocycles. The first-order valence-corrected chi connectivity index (χ1v) is 7.30. The van der Waals surface area contributed by atoms with Gasteiger partial charge in [0.2, 0.25) is 0 Å². The lowest BCUT2D eigenvalue weighted by atomic mass is 10.3. The Labute approximate surface area is 142 Å². The van der Waals surface area contributed by atoms with Crippen molar-refractivity contribution in [3.05, 3.63) is 0 Å². The second-order valence-corrected chi connectivity index (χ2v) is 5.82. The molecule has 0 spiro atoms. The molecule has 0 aliphatic carbocycles. The van der Waals surface area contributed by atoms with E-state index in [0.29, 0.717) is 0 Å². The van der Waals surface area contributed by atoms with Crippen LogP contribution in [0.2, 0.25) is 0 Å². The third-order valence-electron chi connectivity index (χ3n) is 3.50. The summed E-state index contributed by atoms with van der Waals surface area (Å²) in [5.41, 5.74) is 0. The molecule has 0 N–H and O–H groups in total. The maximum atomic E-state index is 4.68. The highest BCUT2D eigenvalue weighted by molar-refractivity contribution is 14.0. The molecular weight excluding hydrogens is 365 g/mol. The normalized spacial score (nSPS) is 17.1. The molecule has 1 rings (SSSR count). The van der Waals surface area contributed by atoms with Crippen LogP contribution in [0, 0.1) is 0 Å². The predicted octanol–water partition coefficient (Wildman–Crippen LogP) is 1.11. The zero-order chi connectivity index (χ0) is 14.3. The first kappa shape index (κ1) is 19.9. The van der Waals surface area contributed by atoms with Crippen LogP contribution in [0.1, 0.15) is 12.8 Å². The van der Waals surface area contributed by atoms with Crippen LogP contribution in [0.4, 0.5) is 0 Å². The number of guanidine groups is 1. The minimum Gasteiger partial charge on any atom is -0.349 e. The number of likely N-dealkylation sites (N-methyl/N-ethyl adjacent to an activating group) is 1. The van der Waals surface area contributed by atoms with Gasteiger partial charge in [-0.1, -0.05) is 0 Å². The highest BCUT2D eigenvalue weighted by Crippen LogP contribution is 2.02. The van der Waals surface area contributed by atoms with E-state index < -0.39 is 0 Å². The Hall–Kier alpha value is -0.0800. The summed E-state index contributed by atoms with van der Waals surface area (Å²) in [7, 11) is 10.4. The van der Waals surface area contributed by atoms with Gasteiger partial charge in [0.1, 0.15) is 0 Å². The molecular formula is C14H32IN5. The third-order valence-corrected chi connectivity index (χ3v) is 3.50. The van der Waals surface area contributed by atoms with Crippen LogP contribution in [0.5, 0.6) is 0 Å². The summed E-state index contributed by atoms with van der Waals surface area (Å²) in [6, 6.07) is 0. The molecule has 0 atom stereocenters. The van der Waals surface area contributed by atoms with E-state index in [-0.39, 0.29) is 24.0 Å². The van der Waals surface area contributed by atoms with Crippen LogP contribution < -0.4 is 0 Å². The van der Waals surface area contributed by atoms with Gasteiger partial charge < -0.3 is 19.6 Å². The number of aliphatic imine (C=N–C) groups is 1. The van der Waals surface area contributed by atoms with Crippen LogP contribution in [0.3, 0.4) is 0 Å². The second kappa shape index (κ2) is 10.6. The monoisotopic (exact) mass is 397 g/mol. The maximum absolute atomic E-state index is 4.68. The van der Waals surface area contributed by atoms with Gasteiger partial charge in [-0.2, -0.15) is 0 Å². The second-order valence-electron chi connectivity index (χ2n) is 5.82. The highest BCUT2D eigenvalue weighted by Gasteiger charge is 2.11. The number of hydrogen-bond acceptors (Lipinski definition) is 3. The van der Waals surface area contributed by atoms with E-state index in [0.717, 1.165) is 18.9 Å². The van der Waals surface area contributed by atoms with E-state index in [1.807, 2.05) is 28.2 Å². The molecule has 0 radical (unpaired) electrons. The molecule has 1 aliphatic rings. The van der Waals surface area contributed by atoms with Crippen molar-refractivity contribution in [2.24, 2.45) is 4.99 Å². The van der Waals surface area contributed by atoms with Crippen molar-refractivity contribution in [2.45, 2.75) is 12.8 Å². The Morgan fingerprint density at radius 2 is 1.65 bits per heavy atom. The van der Waals surface area contributed by atoms with Gasteiger partial charge in [-0.3, -0.25) is 4.99 Å². The molecule has 5 nitrogen and oxygen atoms in total. The van der Waals surface area contributed by atoms with Crippen molar-refractivity contribution in [3.8, 4) is 0 Å². The molecule has 6 heteroatoms. The standard InChI is InChI=1S/C14H31N5.HI/c1-16(2)14(17(3)4)15-8-6-10-19-11-7-9-18(5)12-13-19;/h6-13H2,1-5H3;1H. The molecule has 120 valence electrons. The molecule has 1 heterocycles. The van der Waals surface area contributed by atoms with Crippen molar-refractivity contribution in [2.75, 3.05) is 74.5 Å². The van der Waals surface area contributed by atoms with Crippen molar-refractivity contribution in [3.63, 3.8) is 0 Å². The van der Waals surface area contributed by atoms with Gasteiger partial charge in [0.15, 0.2) is 5.96 Å². The summed E-state index contributed by atoms with van der Waals surface area (Å²) in [6.07, 6.45) is 2.44. The van der Waals surface area contributed by atoms with Gasteiger partial charge in [-0.15, -0.1) is 24.0 Å². The van der Waals surface area contributed by atoms with Gasteiger partial charge in [0.05, 0.1) is 0 Å². The summed E-state index contributed by atoms with van der Waals surface area (Å²) in [5, 5.41) is 0. The lowest BCUT2D eigenvalue weighted by Crippen LogP contribution is -2.35. The minimum atomic E-state index is 0. The van der Waals surface area contributed by atoms with E-state index in [9.17, 15) is 0 Å². The smallest absolute Gasteiger partial charge is 0.195 e. The first-order valence-electron chi connectivity index (χ1n) is 7.30. The van der Waals surface area contributed by atoms with Crippen molar-refractivity contribution in [1.82, 2.24) is 19.6 Å². The Balaban J connectivity index is 0.00000361.